The van der Waals surface area contributed by atoms with Gasteiger partial charge >= 0.3 is 0 Å². The van der Waals surface area contributed by atoms with Crippen LogP contribution in [-0.2, 0) is 25.9 Å². The molecular weight excluding hydrogens is 536 g/mol. The van der Waals surface area contributed by atoms with E-state index in [9.17, 15) is 8.42 Å². The van der Waals surface area contributed by atoms with Crippen molar-refractivity contribution in [2.45, 2.75) is 25.5 Å². The molecule has 0 unspecified atom stereocenters. The first-order valence-electron chi connectivity index (χ1n) is 13.1. The molecule has 214 valence electrons. The summed E-state index contributed by atoms with van der Waals surface area (Å²) in [6.45, 7) is 4.53. The van der Waals surface area contributed by atoms with Crippen LogP contribution < -0.4 is 19.5 Å². The molecule has 5 rings (SSSR count). The molecule has 0 amide bonds. The van der Waals surface area contributed by atoms with E-state index in [4.69, 9.17) is 23.7 Å². The number of aromatic nitrogens is 2. The van der Waals surface area contributed by atoms with Crippen molar-refractivity contribution in [3.63, 3.8) is 0 Å². The van der Waals surface area contributed by atoms with Gasteiger partial charge in [0.25, 0.3) is 0 Å². The summed E-state index contributed by atoms with van der Waals surface area (Å²) in [5, 5.41) is 3.21. The first kappa shape index (κ1) is 28.1. The Bertz CT molecular complexity index is 1440. The molecule has 1 aromatic heterocycles. The van der Waals surface area contributed by atoms with Crippen LogP contribution >= 0.6 is 0 Å². The van der Waals surface area contributed by atoms with Gasteiger partial charge in [-0.05, 0) is 30.2 Å². The number of sulfonamides is 1. The van der Waals surface area contributed by atoms with Crippen LogP contribution in [-0.4, -0.2) is 81.7 Å². The fraction of sp³-hybridized carbons (Fsp3) is 0.429. The van der Waals surface area contributed by atoms with Gasteiger partial charge in [-0.1, -0.05) is 24.3 Å². The number of aryl methyl sites for hydroxylation is 1. The zero-order valence-electron chi connectivity index (χ0n) is 22.8. The molecule has 0 saturated heterocycles. The van der Waals surface area contributed by atoms with E-state index in [1.165, 1.54) is 10.6 Å². The highest BCUT2D eigenvalue weighted by Gasteiger charge is 2.40. The predicted octanol–water partition coefficient (Wildman–Crippen LogP) is 3.27. The highest BCUT2D eigenvalue weighted by atomic mass is 32.2. The van der Waals surface area contributed by atoms with E-state index >= 15 is 0 Å². The highest BCUT2D eigenvalue weighted by molar-refractivity contribution is 7.88. The van der Waals surface area contributed by atoms with Gasteiger partial charge < -0.3 is 29.0 Å². The molecule has 1 aliphatic carbocycles. The maximum atomic E-state index is 12.5. The van der Waals surface area contributed by atoms with Gasteiger partial charge in [0.05, 0.1) is 38.7 Å². The van der Waals surface area contributed by atoms with Crippen molar-refractivity contribution in [1.29, 1.82) is 0 Å². The first-order chi connectivity index (χ1) is 19.3. The molecule has 0 bridgehead atoms. The van der Waals surface area contributed by atoms with Crippen LogP contribution in [0.15, 0.2) is 48.7 Å². The van der Waals surface area contributed by atoms with Gasteiger partial charge in [0, 0.05) is 37.0 Å². The number of anilines is 2. The molecule has 2 aliphatic rings. The quantitative estimate of drug-likeness (QED) is 0.473. The molecule has 11 nitrogen and oxygen atoms in total. The van der Waals surface area contributed by atoms with E-state index in [1.807, 2.05) is 49.4 Å². The van der Waals surface area contributed by atoms with Crippen LogP contribution in [0, 0.1) is 6.92 Å². The molecular formula is C28H34N4O7S. The topological polar surface area (TPSA) is 121 Å². The van der Waals surface area contributed by atoms with Gasteiger partial charge in [-0.3, -0.25) is 0 Å². The number of hydrogen-bond donors (Lipinski definition) is 1. The van der Waals surface area contributed by atoms with Crippen molar-refractivity contribution >= 4 is 21.7 Å². The van der Waals surface area contributed by atoms with Gasteiger partial charge in [0.2, 0.25) is 21.9 Å². The minimum Gasteiger partial charge on any atom is -0.487 e. The van der Waals surface area contributed by atoms with E-state index in [0.717, 1.165) is 16.7 Å². The fourth-order valence-corrected chi connectivity index (χ4v) is 5.38. The normalized spacial score (nSPS) is 19.8. The molecule has 1 aliphatic heterocycles. The smallest absolute Gasteiger partial charge is 0.230 e. The van der Waals surface area contributed by atoms with E-state index in [2.05, 4.69) is 15.3 Å². The molecule has 2 heterocycles. The van der Waals surface area contributed by atoms with Crippen molar-refractivity contribution in [2.24, 2.45) is 0 Å². The van der Waals surface area contributed by atoms with Crippen LogP contribution in [0.4, 0.5) is 11.6 Å². The summed E-state index contributed by atoms with van der Waals surface area (Å²) in [7, 11) is -1.88. The standard InChI is InChI=1S/C28H34N4O7S/c1-19-18-29-28(30-21-8-9-23-24(17-21)38-15-13-36-11-10-35-12-14-37-23)31-27(19)39-25-16-20-6-4-5-7-22(20)26(25)32(2)40(3,33)34/h4-9,17-18,25-26H,10-16H2,1-3H3,(H,29,30,31)/t25-,26-/m1/s1. The number of rotatable bonds is 6. The van der Waals surface area contributed by atoms with Gasteiger partial charge in [0.15, 0.2) is 11.5 Å². The van der Waals surface area contributed by atoms with Crippen LogP contribution in [0.5, 0.6) is 17.4 Å². The van der Waals surface area contributed by atoms with Crippen molar-refractivity contribution < 1.29 is 32.1 Å². The molecule has 0 fully saturated rings. The lowest BCUT2D eigenvalue weighted by Gasteiger charge is -2.29. The second kappa shape index (κ2) is 12.4. The van der Waals surface area contributed by atoms with E-state index in [-0.39, 0.29) is 0 Å². The molecule has 2 aromatic carbocycles. The van der Waals surface area contributed by atoms with Crippen molar-refractivity contribution in [3.05, 3.63) is 65.4 Å². The Morgan fingerprint density at radius 2 is 1.68 bits per heavy atom. The molecule has 0 saturated carbocycles. The van der Waals surface area contributed by atoms with Crippen LogP contribution in [0.3, 0.4) is 0 Å². The number of fused-ring (bicyclic) bond motifs is 2. The van der Waals surface area contributed by atoms with Gasteiger partial charge in [-0.15, -0.1) is 0 Å². The Kier molecular flexibility index (Phi) is 8.69. The predicted molar refractivity (Wildman–Crippen MR) is 149 cm³/mol. The Morgan fingerprint density at radius 3 is 2.42 bits per heavy atom. The minimum atomic E-state index is -3.46. The van der Waals surface area contributed by atoms with E-state index in [0.29, 0.717) is 75.1 Å². The van der Waals surface area contributed by atoms with Crippen molar-refractivity contribution in [2.75, 3.05) is 58.3 Å². The fourth-order valence-electron chi connectivity index (χ4n) is 4.72. The van der Waals surface area contributed by atoms with Crippen molar-refractivity contribution in [3.8, 4) is 17.4 Å². The summed E-state index contributed by atoms with van der Waals surface area (Å²) in [5.41, 5.74) is 3.42. The average Bonchev–Trinajstić information content (AvgIpc) is 3.28. The number of nitrogens with zero attached hydrogens (tertiary/aromatic N) is 3. The third kappa shape index (κ3) is 6.64. The molecule has 1 N–H and O–H groups in total. The zero-order chi connectivity index (χ0) is 28.1. The summed E-state index contributed by atoms with van der Waals surface area (Å²) in [4.78, 5) is 9.04. The third-order valence-electron chi connectivity index (χ3n) is 6.79. The van der Waals surface area contributed by atoms with Gasteiger partial charge in [-0.25, -0.2) is 13.4 Å². The molecule has 0 radical (unpaired) electrons. The number of hydrogen-bond acceptors (Lipinski definition) is 10. The maximum absolute atomic E-state index is 12.5. The number of benzene rings is 2. The zero-order valence-corrected chi connectivity index (χ0v) is 23.6. The monoisotopic (exact) mass is 570 g/mol. The molecule has 3 aromatic rings. The first-order valence-corrected chi connectivity index (χ1v) is 15.0. The Hall–Kier alpha value is -3.45. The van der Waals surface area contributed by atoms with Crippen molar-refractivity contribution in [1.82, 2.24) is 14.3 Å². The Labute approximate surface area is 234 Å². The van der Waals surface area contributed by atoms with Gasteiger partial charge in [-0.2, -0.15) is 9.29 Å². The Morgan fingerprint density at radius 1 is 0.975 bits per heavy atom. The van der Waals surface area contributed by atoms with E-state index < -0.39 is 22.2 Å². The second-order valence-corrected chi connectivity index (χ2v) is 11.7. The lowest BCUT2D eigenvalue weighted by molar-refractivity contribution is 0.0223. The number of likely N-dealkylation sites (N-methyl/N-ethyl adjacent to an activating group) is 1. The lowest BCUT2D eigenvalue weighted by atomic mass is 10.1. The summed E-state index contributed by atoms with van der Waals surface area (Å²) < 4.78 is 55.4. The molecule has 2 atom stereocenters. The number of ether oxygens (including phenoxy) is 5. The van der Waals surface area contributed by atoms with Crippen LogP contribution in [0.25, 0.3) is 0 Å². The second-order valence-electron chi connectivity index (χ2n) is 9.67. The highest BCUT2D eigenvalue weighted by Crippen LogP contribution is 2.39. The van der Waals surface area contributed by atoms with Gasteiger partial charge in [0.1, 0.15) is 19.3 Å². The molecule has 40 heavy (non-hydrogen) atoms. The van der Waals surface area contributed by atoms with Crippen LogP contribution in [0.1, 0.15) is 22.7 Å². The summed E-state index contributed by atoms with van der Waals surface area (Å²) in [6, 6.07) is 12.8. The summed E-state index contributed by atoms with van der Waals surface area (Å²) >= 11 is 0. The summed E-state index contributed by atoms with van der Waals surface area (Å²) in [6.07, 6.45) is 2.98. The number of nitrogens with one attached hydrogen (secondary N) is 1. The van der Waals surface area contributed by atoms with Crippen LogP contribution in [0.2, 0.25) is 0 Å². The minimum absolute atomic E-state index is 0.329. The lowest BCUT2D eigenvalue weighted by Crippen LogP contribution is -2.38. The SMILES string of the molecule is Cc1cnc(Nc2ccc3c(c2)OCCOCCOCCO3)nc1O[C@@H]1Cc2ccccc2[C@H]1N(C)S(C)(=O)=O. The molecule has 12 heteroatoms. The Balaban J connectivity index is 1.35. The van der Waals surface area contributed by atoms with E-state index in [1.54, 1.807) is 13.2 Å². The molecule has 0 spiro atoms. The largest absolute Gasteiger partial charge is 0.487 e. The third-order valence-corrected chi connectivity index (χ3v) is 8.07. The summed E-state index contributed by atoms with van der Waals surface area (Å²) in [5.74, 6) is 1.87. The average molecular weight is 571 g/mol. The maximum Gasteiger partial charge on any atom is 0.230 e.